The van der Waals surface area contributed by atoms with Crippen LogP contribution in [0.2, 0.25) is 0 Å². The summed E-state index contributed by atoms with van der Waals surface area (Å²) in [6, 6.07) is 8.12. The summed E-state index contributed by atoms with van der Waals surface area (Å²) in [6.45, 7) is 2.05. The topological polar surface area (TPSA) is 35.2 Å². The number of benzene rings is 2. The average molecular weight is 275 g/mol. The first-order valence-electron chi connectivity index (χ1n) is 6.54. The second-order valence-corrected chi connectivity index (χ2v) is 5.09. The molecule has 2 aromatic carbocycles. The van der Waals surface area contributed by atoms with Gasteiger partial charge in [0.25, 0.3) is 0 Å². The van der Waals surface area contributed by atoms with Crippen molar-refractivity contribution in [1.82, 2.24) is 0 Å². The lowest BCUT2D eigenvalue weighted by atomic mass is 9.99. The summed E-state index contributed by atoms with van der Waals surface area (Å²) < 4.78 is 33.1. The molecular formula is C16H15F2NO. The van der Waals surface area contributed by atoms with Crippen molar-refractivity contribution in [2.75, 3.05) is 6.54 Å². The van der Waals surface area contributed by atoms with Crippen LogP contribution in [0.4, 0.5) is 8.78 Å². The van der Waals surface area contributed by atoms with Crippen molar-refractivity contribution in [1.29, 1.82) is 0 Å². The molecule has 2 N–H and O–H groups in total. The monoisotopic (exact) mass is 275 g/mol. The Morgan fingerprint density at radius 2 is 1.90 bits per heavy atom. The van der Waals surface area contributed by atoms with E-state index in [1.807, 2.05) is 6.07 Å². The number of fused-ring (bicyclic) bond motifs is 1. The zero-order valence-corrected chi connectivity index (χ0v) is 11.1. The largest absolute Gasteiger partial charge is 0.485 e. The van der Waals surface area contributed by atoms with E-state index in [1.54, 1.807) is 19.1 Å². The van der Waals surface area contributed by atoms with Crippen molar-refractivity contribution in [3.63, 3.8) is 0 Å². The fourth-order valence-electron chi connectivity index (χ4n) is 2.46. The van der Waals surface area contributed by atoms with Gasteiger partial charge in [-0.2, -0.15) is 0 Å². The molecule has 2 aromatic rings. The minimum Gasteiger partial charge on any atom is -0.485 e. The molecule has 1 heterocycles. The molecule has 3 rings (SSSR count). The van der Waals surface area contributed by atoms with E-state index in [1.165, 1.54) is 12.1 Å². The first kappa shape index (κ1) is 13.1. The Bertz CT molecular complexity index is 670. The standard InChI is InChI=1S/C16H15F2NO/c1-9-2-3-10(6-14(9)17)11-4-12-5-13(8-19)20-16(12)15(18)7-11/h2-4,6-7,13H,5,8,19H2,1H3. The predicted molar refractivity (Wildman–Crippen MR) is 73.7 cm³/mol. The Balaban J connectivity index is 2.04. The van der Waals surface area contributed by atoms with Crippen LogP contribution in [0.1, 0.15) is 11.1 Å². The number of rotatable bonds is 2. The van der Waals surface area contributed by atoms with Gasteiger partial charge in [0.2, 0.25) is 0 Å². The van der Waals surface area contributed by atoms with Gasteiger partial charge in [0, 0.05) is 18.5 Å². The predicted octanol–water partition coefficient (Wildman–Crippen LogP) is 3.20. The van der Waals surface area contributed by atoms with E-state index in [4.69, 9.17) is 10.5 Å². The number of hydrogen-bond acceptors (Lipinski definition) is 2. The molecule has 0 bridgehead atoms. The van der Waals surface area contributed by atoms with E-state index < -0.39 is 5.82 Å². The van der Waals surface area contributed by atoms with E-state index in [2.05, 4.69) is 0 Å². The molecule has 0 saturated carbocycles. The van der Waals surface area contributed by atoms with E-state index in [0.29, 0.717) is 29.7 Å². The highest BCUT2D eigenvalue weighted by Crippen LogP contribution is 2.35. The van der Waals surface area contributed by atoms with Gasteiger partial charge < -0.3 is 10.5 Å². The Labute approximate surface area is 116 Å². The molecule has 1 unspecified atom stereocenters. The highest BCUT2D eigenvalue weighted by molar-refractivity contribution is 5.67. The van der Waals surface area contributed by atoms with Crippen molar-refractivity contribution < 1.29 is 13.5 Å². The molecule has 0 fully saturated rings. The van der Waals surface area contributed by atoms with Crippen molar-refractivity contribution >= 4 is 0 Å². The van der Waals surface area contributed by atoms with Crippen LogP contribution in [0.3, 0.4) is 0 Å². The number of aryl methyl sites for hydroxylation is 1. The van der Waals surface area contributed by atoms with Gasteiger partial charge in [-0.3, -0.25) is 0 Å². The van der Waals surface area contributed by atoms with E-state index in [-0.39, 0.29) is 17.7 Å². The molecule has 104 valence electrons. The SMILES string of the molecule is Cc1ccc(-c2cc(F)c3c(c2)CC(CN)O3)cc1F. The summed E-state index contributed by atoms with van der Waals surface area (Å²) >= 11 is 0. The first-order chi connectivity index (χ1) is 9.58. The number of nitrogens with two attached hydrogens (primary N) is 1. The van der Waals surface area contributed by atoms with Gasteiger partial charge in [-0.25, -0.2) is 8.78 Å². The number of hydrogen-bond donors (Lipinski definition) is 1. The fourth-order valence-corrected chi connectivity index (χ4v) is 2.46. The molecule has 20 heavy (non-hydrogen) atoms. The normalized spacial score (nSPS) is 16.9. The Hall–Kier alpha value is -1.94. The molecule has 4 heteroatoms. The molecule has 0 spiro atoms. The van der Waals surface area contributed by atoms with Gasteiger partial charge in [-0.1, -0.05) is 12.1 Å². The van der Waals surface area contributed by atoms with Crippen LogP contribution in [0.25, 0.3) is 11.1 Å². The maximum atomic E-state index is 14.1. The molecule has 0 radical (unpaired) electrons. The van der Waals surface area contributed by atoms with Crippen LogP contribution < -0.4 is 10.5 Å². The third-order valence-corrected chi connectivity index (χ3v) is 3.62. The lowest BCUT2D eigenvalue weighted by Gasteiger charge is -2.08. The van der Waals surface area contributed by atoms with Gasteiger partial charge in [0.1, 0.15) is 11.9 Å². The van der Waals surface area contributed by atoms with Crippen molar-refractivity contribution in [3.8, 4) is 16.9 Å². The molecule has 0 aliphatic carbocycles. The van der Waals surface area contributed by atoms with Gasteiger partial charge in [-0.05, 0) is 41.8 Å². The smallest absolute Gasteiger partial charge is 0.165 e. The Morgan fingerprint density at radius 3 is 2.60 bits per heavy atom. The molecule has 0 aromatic heterocycles. The molecule has 1 aliphatic heterocycles. The summed E-state index contributed by atoms with van der Waals surface area (Å²) in [6.07, 6.45) is 0.412. The van der Waals surface area contributed by atoms with Gasteiger partial charge in [-0.15, -0.1) is 0 Å². The molecule has 1 aliphatic rings. The second kappa shape index (κ2) is 4.87. The number of halogens is 2. The first-order valence-corrected chi connectivity index (χ1v) is 6.54. The zero-order chi connectivity index (χ0) is 14.3. The molecule has 0 amide bonds. The molecule has 0 saturated heterocycles. The lowest BCUT2D eigenvalue weighted by Crippen LogP contribution is -2.24. The third-order valence-electron chi connectivity index (χ3n) is 3.62. The van der Waals surface area contributed by atoms with Gasteiger partial charge in [0.05, 0.1) is 0 Å². The van der Waals surface area contributed by atoms with Crippen LogP contribution >= 0.6 is 0 Å². The minimum absolute atomic E-state index is 0.176. The van der Waals surface area contributed by atoms with Crippen LogP contribution in [0.5, 0.6) is 5.75 Å². The van der Waals surface area contributed by atoms with Crippen LogP contribution in [0, 0.1) is 18.6 Å². The lowest BCUT2D eigenvalue weighted by molar-refractivity contribution is 0.232. The maximum absolute atomic E-state index is 14.1. The van der Waals surface area contributed by atoms with E-state index >= 15 is 0 Å². The summed E-state index contributed by atoms with van der Waals surface area (Å²) in [5, 5.41) is 0. The zero-order valence-electron chi connectivity index (χ0n) is 11.1. The Morgan fingerprint density at radius 1 is 1.15 bits per heavy atom. The van der Waals surface area contributed by atoms with Crippen LogP contribution in [-0.4, -0.2) is 12.6 Å². The highest BCUT2D eigenvalue weighted by Gasteiger charge is 2.25. The van der Waals surface area contributed by atoms with Crippen LogP contribution in [0.15, 0.2) is 30.3 Å². The van der Waals surface area contributed by atoms with Crippen molar-refractivity contribution in [3.05, 3.63) is 53.1 Å². The summed E-state index contributed by atoms with van der Waals surface area (Å²) in [4.78, 5) is 0. The molecular weight excluding hydrogens is 260 g/mol. The highest BCUT2D eigenvalue weighted by atomic mass is 19.1. The third kappa shape index (κ3) is 2.16. The molecule has 1 atom stereocenters. The fraction of sp³-hybridized carbons (Fsp3) is 0.250. The van der Waals surface area contributed by atoms with Crippen LogP contribution in [-0.2, 0) is 6.42 Å². The summed E-state index contributed by atoms with van der Waals surface area (Å²) in [5.41, 5.74) is 8.22. The summed E-state index contributed by atoms with van der Waals surface area (Å²) in [7, 11) is 0. The van der Waals surface area contributed by atoms with E-state index in [9.17, 15) is 8.78 Å². The van der Waals surface area contributed by atoms with E-state index in [0.717, 1.165) is 5.56 Å². The second-order valence-electron chi connectivity index (χ2n) is 5.09. The molecule has 2 nitrogen and oxygen atoms in total. The van der Waals surface area contributed by atoms with Gasteiger partial charge >= 0.3 is 0 Å². The summed E-state index contributed by atoms with van der Waals surface area (Å²) in [5.74, 6) is -0.439. The number of ether oxygens (including phenoxy) is 1. The maximum Gasteiger partial charge on any atom is 0.165 e. The minimum atomic E-state index is -0.422. The van der Waals surface area contributed by atoms with Crippen molar-refractivity contribution in [2.24, 2.45) is 5.73 Å². The average Bonchev–Trinajstić information content (AvgIpc) is 2.85. The quantitative estimate of drug-likeness (QED) is 0.913. The van der Waals surface area contributed by atoms with Gasteiger partial charge in [0.15, 0.2) is 11.6 Å². The Kier molecular flexibility index (Phi) is 3.18. The van der Waals surface area contributed by atoms with Crippen molar-refractivity contribution in [2.45, 2.75) is 19.4 Å².